The number of rotatable bonds is 2. The number of hydrogen-bond donors (Lipinski definition) is 1. The second kappa shape index (κ2) is 5.63. The Morgan fingerprint density at radius 3 is 2.65 bits per heavy atom. The zero-order valence-corrected chi connectivity index (χ0v) is 12.1. The number of hydrogen-bond acceptors (Lipinski definition) is 3. The summed E-state index contributed by atoms with van der Waals surface area (Å²) in [5.74, 6) is 0. The topological polar surface area (TPSA) is 28.2 Å². The number of aryl methyl sites for hydroxylation is 1. The van der Waals surface area contributed by atoms with E-state index in [2.05, 4.69) is 64.6 Å². The summed E-state index contributed by atoms with van der Waals surface area (Å²) in [6, 6.07) is 15.8. The van der Waals surface area contributed by atoms with E-state index >= 15 is 0 Å². The first-order valence-electron chi connectivity index (χ1n) is 7.21. The van der Waals surface area contributed by atoms with Crippen LogP contribution in [0.25, 0.3) is 0 Å². The Morgan fingerprint density at radius 2 is 1.95 bits per heavy atom. The highest BCUT2D eigenvalue weighted by molar-refractivity contribution is 5.48. The molecule has 1 aromatic carbocycles. The molecule has 104 valence electrons. The van der Waals surface area contributed by atoms with Crippen molar-refractivity contribution in [3.05, 3.63) is 59.9 Å². The van der Waals surface area contributed by atoms with Crippen molar-refractivity contribution in [1.82, 2.24) is 10.3 Å². The summed E-state index contributed by atoms with van der Waals surface area (Å²) in [4.78, 5) is 6.91. The monoisotopic (exact) mass is 267 g/mol. The second-order valence-electron chi connectivity index (χ2n) is 5.55. The van der Waals surface area contributed by atoms with Gasteiger partial charge in [-0.1, -0.05) is 30.3 Å². The molecule has 3 rings (SSSR count). The van der Waals surface area contributed by atoms with E-state index < -0.39 is 0 Å². The molecule has 2 aromatic rings. The van der Waals surface area contributed by atoms with Gasteiger partial charge in [0.05, 0.1) is 17.9 Å². The molecule has 20 heavy (non-hydrogen) atoms. The van der Waals surface area contributed by atoms with Gasteiger partial charge < -0.3 is 10.2 Å². The molecule has 2 unspecified atom stereocenters. The maximum Gasteiger partial charge on any atom is 0.0668 e. The van der Waals surface area contributed by atoms with E-state index in [0.29, 0.717) is 12.1 Å². The average Bonchev–Trinajstić information content (AvgIpc) is 2.49. The molecule has 0 aliphatic carbocycles. The predicted molar refractivity (Wildman–Crippen MR) is 83.0 cm³/mol. The highest BCUT2D eigenvalue weighted by atomic mass is 15.2. The van der Waals surface area contributed by atoms with Crippen LogP contribution in [0.1, 0.15) is 24.2 Å². The fourth-order valence-corrected chi connectivity index (χ4v) is 2.80. The summed E-state index contributed by atoms with van der Waals surface area (Å²) >= 11 is 0. The van der Waals surface area contributed by atoms with Gasteiger partial charge in [0, 0.05) is 24.8 Å². The highest BCUT2D eigenvalue weighted by Crippen LogP contribution is 2.29. The normalized spacial score (nSPS) is 22.8. The van der Waals surface area contributed by atoms with Gasteiger partial charge in [-0.2, -0.15) is 0 Å². The SMILES string of the molecule is Cc1ccc(N2CC(C)NCC2c2ccccc2)cn1. The number of aromatic nitrogens is 1. The number of nitrogens with zero attached hydrogens (tertiary/aromatic N) is 2. The molecule has 0 bridgehead atoms. The molecular weight excluding hydrogens is 246 g/mol. The summed E-state index contributed by atoms with van der Waals surface area (Å²) in [5, 5.41) is 3.58. The van der Waals surface area contributed by atoms with Crippen molar-refractivity contribution in [1.29, 1.82) is 0 Å². The van der Waals surface area contributed by atoms with E-state index in [1.165, 1.54) is 11.3 Å². The number of piperazine rings is 1. The van der Waals surface area contributed by atoms with Gasteiger partial charge >= 0.3 is 0 Å². The van der Waals surface area contributed by atoms with Crippen LogP contribution in [0, 0.1) is 6.92 Å². The molecule has 2 heterocycles. The van der Waals surface area contributed by atoms with E-state index in [9.17, 15) is 0 Å². The Bertz CT molecular complexity index is 550. The maximum absolute atomic E-state index is 4.45. The average molecular weight is 267 g/mol. The molecule has 1 fully saturated rings. The fourth-order valence-electron chi connectivity index (χ4n) is 2.80. The largest absolute Gasteiger partial charge is 0.360 e. The van der Waals surface area contributed by atoms with Crippen LogP contribution >= 0.6 is 0 Å². The first-order valence-corrected chi connectivity index (χ1v) is 7.21. The molecule has 1 N–H and O–H groups in total. The zero-order valence-electron chi connectivity index (χ0n) is 12.1. The van der Waals surface area contributed by atoms with Gasteiger partial charge in [-0.25, -0.2) is 0 Å². The van der Waals surface area contributed by atoms with Crippen molar-refractivity contribution in [3.8, 4) is 0 Å². The minimum absolute atomic E-state index is 0.372. The molecule has 1 aromatic heterocycles. The lowest BCUT2D eigenvalue weighted by Crippen LogP contribution is -2.51. The van der Waals surface area contributed by atoms with Crippen molar-refractivity contribution in [2.75, 3.05) is 18.0 Å². The second-order valence-corrected chi connectivity index (χ2v) is 5.55. The Kier molecular flexibility index (Phi) is 3.70. The van der Waals surface area contributed by atoms with Crippen LogP contribution in [0.15, 0.2) is 48.7 Å². The van der Waals surface area contributed by atoms with Crippen LogP contribution in [-0.2, 0) is 0 Å². The Hall–Kier alpha value is -1.87. The summed E-state index contributed by atoms with van der Waals surface area (Å²) in [5.41, 5.74) is 3.62. The van der Waals surface area contributed by atoms with Crippen molar-refractivity contribution >= 4 is 5.69 Å². The van der Waals surface area contributed by atoms with Gasteiger partial charge in [0.1, 0.15) is 0 Å². The first kappa shape index (κ1) is 13.1. The summed E-state index contributed by atoms with van der Waals surface area (Å²) in [6.45, 7) is 6.23. The molecule has 0 radical (unpaired) electrons. The molecular formula is C17H21N3. The third kappa shape index (κ3) is 2.68. The lowest BCUT2D eigenvalue weighted by atomic mass is 10.0. The van der Waals surface area contributed by atoms with E-state index in [1.54, 1.807) is 0 Å². The molecule has 3 nitrogen and oxygen atoms in total. The van der Waals surface area contributed by atoms with Crippen molar-refractivity contribution in [2.45, 2.75) is 25.9 Å². The van der Waals surface area contributed by atoms with Crippen LogP contribution in [0.3, 0.4) is 0 Å². The predicted octanol–water partition coefficient (Wildman–Crippen LogP) is 2.93. The van der Waals surface area contributed by atoms with Gasteiger partial charge in [-0.15, -0.1) is 0 Å². The smallest absolute Gasteiger partial charge is 0.0668 e. The molecule has 1 aliphatic rings. The molecule has 0 spiro atoms. The van der Waals surface area contributed by atoms with E-state index in [4.69, 9.17) is 0 Å². The van der Waals surface area contributed by atoms with Crippen LogP contribution in [0.4, 0.5) is 5.69 Å². The molecule has 0 amide bonds. The summed E-state index contributed by atoms with van der Waals surface area (Å²) in [6.07, 6.45) is 1.99. The van der Waals surface area contributed by atoms with E-state index in [1.807, 2.05) is 13.1 Å². The van der Waals surface area contributed by atoms with Crippen molar-refractivity contribution < 1.29 is 0 Å². The van der Waals surface area contributed by atoms with Crippen LogP contribution in [0.2, 0.25) is 0 Å². The minimum Gasteiger partial charge on any atom is -0.360 e. The first-order chi connectivity index (χ1) is 9.74. The summed E-state index contributed by atoms with van der Waals surface area (Å²) in [7, 11) is 0. The Balaban J connectivity index is 1.93. The van der Waals surface area contributed by atoms with Crippen LogP contribution < -0.4 is 10.2 Å². The Labute approximate surface area is 120 Å². The minimum atomic E-state index is 0.372. The van der Waals surface area contributed by atoms with Crippen LogP contribution in [-0.4, -0.2) is 24.1 Å². The molecule has 2 atom stereocenters. The number of anilines is 1. The van der Waals surface area contributed by atoms with Gasteiger partial charge in [-0.05, 0) is 31.5 Å². The van der Waals surface area contributed by atoms with E-state index in [0.717, 1.165) is 18.8 Å². The quantitative estimate of drug-likeness (QED) is 0.907. The summed E-state index contributed by atoms with van der Waals surface area (Å²) < 4.78 is 0. The molecule has 3 heteroatoms. The number of nitrogens with one attached hydrogen (secondary N) is 1. The lowest BCUT2D eigenvalue weighted by molar-refractivity contribution is 0.416. The van der Waals surface area contributed by atoms with Gasteiger partial charge in [-0.3, -0.25) is 4.98 Å². The lowest BCUT2D eigenvalue weighted by Gasteiger charge is -2.41. The molecule has 0 saturated carbocycles. The third-order valence-corrected chi connectivity index (χ3v) is 3.92. The van der Waals surface area contributed by atoms with Crippen LogP contribution in [0.5, 0.6) is 0 Å². The number of pyridine rings is 1. The maximum atomic E-state index is 4.45. The van der Waals surface area contributed by atoms with Gasteiger partial charge in [0.15, 0.2) is 0 Å². The fraction of sp³-hybridized carbons (Fsp3) is 0.353. The highest BCUT2D eigenvalue weighted by Gasteiger charge is 2.27. The molecule has 1 aliphatic heterocycles. The molecule has 1 saturated heterocycles. The standard InChI is InChI=1S/C17H21N3/c1-13-8-9-16(10-18-13)20-12-14(2)19-11-17(20)15-6-4-3-5-7-15/h3-10,14,17,19H,11-12H2,1-2H3. The third-order valence-electron chi connectivity index (χ3n) is 3.92. The zero-order chi connectivity index (χ0) is 13.9. The van der Waals surface area contributed by atoms with Crippen molar-refractivity contribution in [3.63, 3.8) is 0 Å². The van der Waals surface area contributed by atoms with Crippen molar-refractivity contribution in [2.24, 2.45) is 0 Å². The van der Waals surface area contributed by atoms with Gasteiger partial charge in [0.2, 0.25) is 0 Å². The number of benzene rings is 1. The Morgan fingerprint density at radius 1 is 1.15 bits per heavy atom. The van der Waals surface area contributed by atoms with Gasteiger partial charge in [0.25, 0.3) is 0 Å². The van der Waals surface area contributed by atoms with E-state index in [-0.39, 0.29) is 0 Å².